The van der Waals surface area contributed by atoms with Crippen LogP contribution in [0, 0.1) is 0 Å². The van der Waals surface area contributed by atoms with Crippen molar-refractivity contribution >= 4 is 29.1 Å². The normalized spacial score (nSPS) is 18.3. The smallest absolute Gasteiger partial charge is 0.296 e. The lowest BCUT2D eigenvalue weighted by molar-refractivity contribution is -0.140. The Hall–Kier alpha value is -4.11. The Balaban J connectivity index is 1.62. The van der Waals surface area contributed by atoms with Gasteiger partial charge >= 0.3 is 0 Å². The van der Waals surface area contributed by atoms with Gasteiger partial charge in [0.15, 0.2) is 11.5 Å². The Morgan fingerprint density at radius 3 is 2.57 bits per heavy atom. The average molecular weight is 498 g/mol. The molecule has 35 heavy (non-hydrogen) atoms. The van der Waals surface area contributed by atoms with Crippen LogP contribution in [0.25, 0.3) is 5.76 Å². The second kappa shape index (κ2) is 8.92. The molecular formula is C25H20ClNO8. The molecule has 2 aliphatic heterocycles. The first-order chi connectivity index (χ1) is 16.9. The summed E-state index contributed by atoms with van der Waals surface area (Å²) in [6.45, 7) is 0.172. The molecule has 1 aromatic heterocycles. The summed E-state index contributed by atoms with van der Waals surface area (Å²) < 4.78 is 26.9. The minimum Gasteiger partial charge on any atom is -0.507 e. The molecule has 0 radical (unpaired) electrons. The zero-order chi connectivity index (χ0) is 24.7. The monoisotopic (exact) mass is 497 g/mol. The van der Waals surface area contributed by atoms with Gasteiger partial charge in [-0.2, -0.15) is 0 Å². The molecule has 5 rings (SSSR count). The van der Waals surface area contributed by atoms with E-state index in [9.17, 15) is 14.7 Å². The molecule has 9 nitrogen and oxygen atoms in total. The molecule has 2 aliphatic rings. The molecule has 1 fully saturated rings. The van der Waals surface area contributed by atoms with Crippen molar-refractivity contribution < 1.29 is 38.1 Å². The number of benzene rings is 2. The van der Waals surface area contributed by atoms with Crippen LogP contribution in [0.5, 0.6) is 23.0 Å². The zero-order valence-electron chi connectivity index (χ0n) is 18.7. The van der Waals surface area contributed by atoms with Crippen molar-refractivity contribution in [2.45, 2.75) is 12.6 Å². The van der Waals surface area contributed by atoms with E-state index in [-0.39, 0.29) is 35.2 Å². The van der Waals surface area contributed by atoms with Gasteiger partial charge in [0.05, 0.1) is 36.6 Å². The van der Waals surface area contributed by atoms with Crippen LogP contribution in [0.4, 0.5) is 0 Å². The van der Waals surface area contributed by atoms with Gasteiger partial charge in [0.1, 0.15) is 29.1 Å². The number of carbonyl (C=O) groups excluding carboxylic acids is 2. The number of methoxy groups -OCH3 is 2. The number of fused-ring (bicyclic) bond motifs is 1. The molecule has 1 saturated heterocycles. The number of amides is 1. The molecule has 0 bridgehead atoms. The fourth-order valence-corrected chi connectivity index (χ4v) is 4.45. The molecule has 180 valence electrons. The van der Waals surface area contributed by atoms with Gasteiger partial charge in [0.2, 0.25) is 6.79 Å². The second-order valence-electron chi connectivity index (χ2n) is 7.82. The van der Waals surface area contributed by atoms with Gasteiger partial charge in [0.25, 0.3) is 11.7 Å². The largest absolute Gasteiger partial charge is 0.507 e. The Morgan fingerprint density at radius 2 is 1.86 bits per heavy atom. The average Bonchev–Trinajstić information content (AvgIpc) is 3.60. The maximum atomic E-state index is 13.2. The maximum absolute atomic E-state index is 13.2. The number of ketones is 1. The first-order valence-corrected chi connectivity index (χ1v) is 10.9. The van der Waals surface area contributed by atoms with Crippen LogP contribution in [-0.2, 0) is 16.1 Å². The summed E-state index contributed by atoms with van der Waals surface area (Å²) in [4.78, 5) is 27.7. The third-order valence-electron chi connectivity index (χ3n) is 5.87. The number of nitrogens with zero attached hydrogens (tertiary/aromatic N) is 1. The lowest BCUT2D eigenvalue weighted by Crippen LogP contribution is -2.29. The quantitative estimate of drug-likeness (QED) is 0.305. The highest BCUT2D eigenvalue weighted by Crippen LogP contribution is 2.44. The van der Waals surface area contributed by atoms with Crippen molar-refractivity contribution in [1.29, 1.82) is 0 Å². The van der Waals surface area contributed by atoms with Crippen molar-refractivity contribution in [3.8, 4) is 23.0 Å². The first kappa shape index (κ1) is 22.7. The summed E-state index contributed by atoms with van der Waals surface area (Å²) in [7, 11) is 2.85. The summed E-state index contributed by atoms with van der Waals surface area (Å²) >= 11 is 6.28. The number of rotatable bonds is 6. The van der Waals surface area contributed by atoms with Crippen LogP contribution >= 0.6 is 11.6 Å². The SMILES string of the molecule is COc1cc(OC)c(/C(O)=C2/C(=O)C(=O)N(Cc3ccc4c(c3)OCO4)C2c2ccco2)cc1Cl. The number of hydrogen-bond acceptors (Lipinski definition) is 8. The number of likely N-dealkylation sites (tertiary alicyclic amines) is 1. The molecule has 3 aromatic rings. The van der Waals surface area contributed by atoms with Crippen LogP contribution in [0.3, 0.4) is 0 Å². The van der Waals surface area contributed by atoms with E-state index in [1.165, 1.54) is 37.5 Å². The zero-order valence-corrected chi connectivity index (χ0v) is 19.5. The Bertz CT molecular complexity index is 1350. The summed E-state index contributed by atoms with van der Waals surface area (Å²) in [5, 5.41) is 11.5. The molecule has 1 unspecified atom stereocenters. The topological polar surface area (TPSA) is 108 Å². The minimum absolute atomic E-state index is 0.0594. The highest BCUT2D eigenvalue weighted by Gasteiger charge is 2.47. The van der Waals surface area contributed by atoms with E-state index in [1.807, 2.05) is 0 Å². The van der Waals surface area contributed by atoms with Crippen molar-refractivity contribution in [3.63, 3.8) is 0 Å². The standard InChI is InChI=1S/C25H20ClNO8/c1-31-18-10-19(32-2)15(26)9-14(18)23(28)21-22(17-4-3-7-33-17)27(25(30)24(21)29)11-13-5-6-16-20(8-13)35-12-34-16/h3-10,22,28H,11-12H2,1-2H3/b23-21-. The third kappa shape index (κ3) is 3.83. The molecule has 0 spiro atoms. The Morgan fingerprint density at radius 1 is 1.09 bits per heavy atom. The van der Waals surface area contributed by atoms with Crippen molar-refractivity contribution in [1.82, 2.24) is 4.90 Å². The number of Topliss-reactive ketones (excluding diaryl/α,β-unsaturated/α-hetero) is 1. The molecule has 1 N–H and O–H groups in total. The summed E-state index contributed by atoms with van der Waals surface area (Å²) in [6.07, 6.45) is 1.43. The number of hydrogen-bond donors (Lipinski definition) is 1. The minimum atomic E-state index is -0.985. The molecular weight excluding hydrogens is 478 g/mol. The van der Waals surface area contributed by atoms with Crippen molar-refractivity contribution in [2.75, 3.05) is 21.0 Å². The lowest BCUT2D eigenvalue weighted by Gasteiger charge is -2.23. The number of carbonyl (C=O) groups is 2. The molecule has 2 aromatic carbocycles. The number of aliphatic hydroxyl groups excluding tert-OH is 1. The van der Waals surface area contributed by atoms with Crippen molar-refractivity contribution in [3.05, 3.63) is 76.2 Å². The van der Waals surface area contributed by atoms with E-state index in [1.54, 1.807) is 30.3 Å². The maximum Gasteiger partial charge on any atom is 0.296 e. The van der Waals surface area contributed by atoms with Crippen molar-refractivity contribution in [2.24, 2.45) is 0 Å². The third-order valence-corrected chi connectivity index (χ3v) is 6.17. The van der Waals surface area contributed by atoms with Crippen LogP contribution in [0.1, 0.15) is 22.9 Å². The predicted octanol–water partition coefficient (Wildman–Crippen LogP) is 4.30. The highest BCUT2D eigenvalue weighted by atomic mass is 35.5. The summed E-state index contributed by atoms with van der Waals surface area (Å²) in [6, 6.07) is 10.4. The molecule has 10 heteroatoms. The second-order valence-corrected chi connectivity index (χ2v) is 8.22. The molecule has 1 amide bonds. The van der Waals surface area contributed by atoms with Gasteiger partial charge in [-0.05, 0) is 35.9 Å². The van der Waals surface area contributed by atoms with E-state index in [0.29, 0.717) is 28.6 Å². The van der Waals surface area contributed by atoms with Gasteiger partial charge < -0.3 is 33.4 Å². The van der Waals surface area contributed by atoms with E-state index in [4.69, 9.17) is 35.0 Å². The van der Waals surface area contributed by atoms with E-state index >= 15 is 0 Å². The number of ether oxygens (including phenoxy) is 4. The number of furan rings is 1. The van der Waals surface area contributed by atoms with Crippen LogP contribution < -0.4 is 18.9 Å². The van der Waals surface area contributed by atoms with E-state index in [2.05, 4.69) is 0 Å². The predicted molar refractivity (Wildman–Crippen MR) is 124 cm³/mol. The van der Waals surface area contributed by atoms with Gasteiger partial charge in [0, 0.05) is 12.6 Å². The summed E-state index contributed by atoms with van der Waals surface area (Å²) in [5.74, 6) is -0.102. The Kier molecular flexibility index (Phi) is 5.78. The fourth-order valence-electron chi connectivity index (χ4n) is 4.21. The van der Waals surface area contributed by atoms with Gasteiger partial charge in [-0.3, -0.25) is 9.59 Å². The number of halogens is 1. The highest BCUT2D eigenvalue weighted by molar-refractivity contribution is 6.46. The molecule has 0 aliphatic carbocycles. The lowest BCUT2D eigenvalue weighted by atomic mass is 9.98. The van der Waals surface area contributed by atoms with E-state index in [0.717, 1.165) is 0 Å². The van der Waals surface area contributed by atoms with Gasteiger partial charge in [-0.1, -0.05) is 17.7 Å². The first-order valence-electron chi connectivity index (χ1n) is 10.5. The van der Waals surface area contributed by atoms with Gasteiger partial charge in [-0.25, -0.2) is 0 Å². The van der Waals surface area contributed by atoms with Crippen LogP contribution in [-0.4, -0.2) is 42.7 Å². The molecule has 0 saturated carbocycles. The molecule has 1 atom stereocenters. The number of aliphatic hydroxyl groups is 1. The van der Waals surface area contributed by atoms with Crippen LogP contribution in [0.15, 0.2) is 58.7 Å². The Labute approximate surface area is 205 Å². The van der Waals surface area contributed by atoms with E-state index < -0.39 is 23.5 Å². The fraction of sp³-hybridized carbons (Fsp3) is 0.200. The van der Waals surface area contributed by atoms with Gasteiger partial charge in [-0.15, -0.1) is 0 Å². The molecule has 3 heterocycles. The summed E-state index contributed by atoms with van der Waals surface area (Å²) in [5.41, 5.74) is 0.693. The van der Waals surface area contributed by atoms with Crippen LogP contribution in [0.2, 0.25) is 5.02 Å².